The zero-order chi connectivity index (χ0) is 16.4. The van der Waals surface area contributed by atoms with Gasteiger partial charge in [-0.25, -0.2) is 9.18 Å². The van der Waals surface area contributed by atoms with E-state index in [-0.39, 0.29) is 18.4 Å². The van der Waals surface area contributed by atoms with Crippen LogP contribution in [0.3, 0.4) is 0 Å². The molecule has 0 bridgehead atoms. The lowest BCUT2D eigenvalue weighted by molar-refractivity contribution is -0.132. The average Bonchev–Trinajstić information content (AvgIpc) is 2.73. The van der Waals surface area contributed by atoms with Gasteiger partial charge in [-0.05, 0) is 24.5 Å². The highest BCUT2D eigenvalue weighted by molar-refractivity contribution is 5.78. The Bertz CT molecular complexity index is 749. The fourth-order valence-electron chi connectivity index (χ4n) is 2.73. The minimum Gasteiger partial charge on any atom is -0.312 e. The molecule has 0 spiro atoms. The quantitative estimate of drug-likeness (QED) is 0.653. The van der Waals surface area contributed by atoms with E-state index in [9.17, 15) is 19.2 Å². The molecular formula is C15H20FN3O3. The number of fused-ring (bicyclic) bond motifs is 1. The monoisotopic (exact) mass is 309 g/mol. The first-order valence-electron chi connectivity index (χ1n) is 7.17. The number of benzene rings is 1. The molecule has 0 fully saturated rings. The van der Waals surface area contributed by atoms with Gasteiger partial charge in [-0.15, -0.1) is 0 Å². The summed E-state index contributed by atoms with van der Waals surface area (Å²) in [5, 5.41) is 10.7. The highest BCUT2D eigenvalue weighted by Gasteiger charge is 2.24. The fourth-order valence-corrected chi connectivity index (χ4v) is 2.73. The molecule has 0 aliphatic heterocycles. The molecule has 0 aliphatic carbocycles. The third-order valence-electron chi connectivity index (χ3n) is 3.92. The van der Waals surface area contributed by atoms with Gasteiger partial charge in [-0.1, -0.05) is 13.0 Å². The van der Waals surface area contributed by atoms with Crippen LogP contribution >= 0.6 is 0 Å². The zero-order valence-corrected chi connectivity index (χ0v) is 12.9. The smallest absolute Gasteiger partial charge is 0.312 e. The molecule has 1 aromatic carbocycles. The molecule has 22 heavy (non-hydrogen) atoms. The van der Waals surface area contributed by atoms with Gasteiger partial charge in [-0.3, -0.25) is 9.13 Å². The molecule has 120 valence electrons. The Hall–Kier alpha value is -1.99. The van der Waals surface area contributed by atoms with Crippen LogP contribution in [0.25, 0.3) is 11.0 Å². The maximum absolute atomic E-state index is 14.5. The number of hydrogen-bond donors (Lipinski definition) is 1. The van der Waals surface area contributed by atoms with Gasteiger partial charge >= 0.3 is 5.69 Å². The number of nitrogens with zero attached hydrogens (tertiary/aromatic N) is 3. The second-order valence-corrected chi connectivity index (χ2v) is 5.27. The number of rotatable bonds is 6. The maximum atomic E-state index is 14.5. The van der Waals surface area contributed by atoms with E-state index in [0.29, 0.717) is 17.5 Å². The standard InChI is InChI=1S/C15H20FN3O3/c1-4-10-7-8-11-14(13(10)16)17(2)15(21)19(11)12(18(3)22)6-5-9-20/h7-9,12,22H,4-6H2,1-3H3. The molecule has 1 atom stereocenters. The van der Waals surface area contributed by atoms with E-state index in [4.69, 9.17) is 0 Å². The molecule has 1 heterocycles. The molecule has 1 N–H and O–H groups in total. The summed E-state index contributed by atoms with van der Waals surface area (Å²) in [5.41, 5.74) is 0.710. The van der Waals surface area contributed by atoms with Crippen molar-refractivity contribution >= 4 is 17.3 Å². The van der Waals surface area contributed by atoms with Crippen molar-refractivity contribution in [2.45, 2.75) is 32.4 Å². The summed E-state index contributed by atoms with van der Waals surface area (Å²) < 4.78 is 17.1. The van der Waals surface area contributed by atoms with Crippen molar-refractivity contribution in [2.24, 2.45) is 7.05 Å². The Morgan fingerprint density at radius 1 is 1.45 bits per heavy atom. The number of aromatic nitrogens is 2. The molecule has 0 aliphatic rings. The summed E-state index contributed by atoms with van der Waals surface area (Å²) in [4.78, 5) is 23.1. The predicted octanol–water partition coefficient (Wildman–Crippen LogP) is 1.84. The fraction of sp³-hybridized carbons (Fsp3) is 0.467. The van der Waals surface area contributed by atoms with E-state index < -0.39 is 17.7 Å². The lowest BCUT2D eigenvalue weighted by Gasteiger charge is -2.23. The first-order valence-corrected chi connectivity index (χ1v) is 7.17. The van der Waals surface area contributed by atoms with E-state index in [0.717, 1.165) is 11.3 Å². The number of aldehydes is 1. The Balaban J connectivity index is 2.73. The van der Waals surface area contributed by atoms with Crippen LogP contribution in [-0.4, -0.2) is 32.7 Å². The lowest BCUT2D eigenvalue weighted by Crippen LogP contribution is -2.34. The van der Waals surface area contributed by atoms with Crippen LogP contribution in [-0.2, 0) is 18.3 Å². The minimum atomic E-state index is -0.728. The van der Waals surface area contributed by atoms with Gasteiger partial charge in [-0.2, -0.15) is 5.06 Å². The van der Waals surface area contributed by atoms with E-state index in [1.165, 1.54) is 23.2 Å². The van der Waals surface area contributed by atoms with Crippen molar-refractivity contribution in [2.75, 3.05) is 7.05 Å². The molecule has 2 rings (SSSR count). The summed E-state index contributed by atoms with van der Waals surface area (Å²) in [6, 6.07) is 3.32. The maximum Gasteiger partial charge on any atom is 0.330 e. The van der Waals surface area contributed by atoms with E-state index in [2.05, 4.69) is 0 Å². The van der Waals surface area contributed by atoms with Gasteiger partial charge in [0.1, 0.15) is 18.0 Å². The summed E-state index contributed by atoms with van der Waals surface area (Å²) in [6.07, 6.45) is 0.965. The van der Waals surface area contributed by atoms with Crippen molar-refractivity contribution in [1.29, 1.82) is 0 Å². The Morgan fingerprint density at radius 3 is 2.68 bits per heavy atom. The SMILES string of the molecule is CCc1ccc2c(c1F)n(C)c(=O)n2C(CCC=O)N(C)O. The Kier molecular flexibility index (Phi) is 4.77. The molecule has 0 amide bonds. The third kappa shape index (κ3) is 2.57. The second kappa shape index (κ2) is 6.41. The third-order valence-corrected chi connectivity index (χ3v) is 3.92. The molecule has 1 unspecified atom stereocenters. The summed E-state index contributed by atoms with van der Waals surface area (Å²) in [5.74, 6) is -0.423. The average molecular weight is 309 g/mol. The van der Waals surface area contributed by atoms with Crippen molar-refractivity contribution in [1.82, 2.24) is 14.2 Å². The predicted molar refractivity (Wildman–Crippen MR) is 80.4 cm³/mol. The number of aryl methyl sites for hydroxylation is 2. The molecule has 7 heteroatoms. The topological polar surface area (TPSA) is 67.5 Å². The normalized spacial score (nSPS) is 13.0. The van der Waals surface area contributed by atoms with E-state index in [1.807, 2.05) is 6.92 Å². The summed E-state index contributed by atoms with van der Waals surface area (Å²) in [7, 11) is 2.90. The molecule has 0 saturated carbocycles. The van der Waals surface area contributed by atoms with Crippen LogP contribution in [0.2, 0.25) is 0 Å². The number of hydroxylamine groups is 2. The molecule has 0 radical (unpaired) electrons. The summed E-state index contributed by atoms with van der Waals surface area (Å²) >= 11 is 0. The van der Waals surface area contributed by atoms with Crippen LogP contribution in [0.1, 0.15) is 31.5 Å². The second-order valence-electron chi connectivity index (χ2n) is 5.27. The number of imidazole rings is 1. The van der Waals surface area contributed by atoms with Gasteiger partial charge in [0.2, 0.25) is 0 Å². The van der Waals surface area contributed by atoms with Gasteiger partial charge in [0, 0.05) is 20.5 Å². The first-order chi connectivity index (χ1) is 10.4. The number of carbonyl (C=O) groups is 1. The van der Waals surface area contributed by atoms with Crippen LogP contribution in [0.5, 0.6) is 0 Å². The van der Waals surface area contributed by atoms with Crippen LogP contribution < -0.4 is 5.69 Å². The molecular weight excluding hydrogens is 289 g/mol. The summed E-state index contributed by atoms with van der Waals surface area (Å²) in [6.45, 7) is 1.84. The minimum absolute atomic E-state index is 0.188. The number of halogens is 1. The van der Waals surface area contributed by atoms with Crippen molar-refractivity contribution < 1.29 is 14.4 Å². The van der Waals surface area contributed by atoms with E-state index >= 15 is 0 Å². The lowest BCUT2D eigenvalue weighted by atomic mass is 10.1. The molecule has 1 aromatic heterocycles. The highest BCUT2D eigenvalue weighted by atomic mass is 19.1. The highest BCUT2D eigenvalue weighted by Crippen LogP contribution is 2.25. The van der Waals surface area contributed by atoms with Crippen molar-refractivity contribution in [3.63, 3.8) is 0 Å². The molecule has 2 aromatic rings. The van der Waals surface area contributed by atoms with Crippen molar-refractivity contribution in [3.05, 3.63) is 34.0 Å². The van der Waals surface area contributed by atoms with Gasteiger partial charge in [0.15, 0.2) is 5.82 Å². The van der Waals surface area contributed by atoms with Crippen LogP contribution in [0.15, 0.2) is 16.9 Å². The van der Waals surface area contributed by atoms with Crippen LogP contribution in [0.4, 0.5) is 4.39 Å². The first kappa shape index (κ1) is 16.4. The van der Waals surface area contributed by atoms with Crippen LogP contribution in [0, 0.1) is 5.82 Å². The Labute approximate surface area is 127 Å². The zero-order valence-electron chi connectivity index (χ0n) is 12.9. The van der Waals surface area contributed by atoms with Gasteiger partial charge < -0.3 is 10.0 Å². The van der Waals surface area contributed by atoms with Gasteiger partial charge in [0.05, 0.1) is 5.52 Å². The molecule has 6 nitrogen and oxygen atoms in total. The van der Waals surface area contributed by atoms with Crippen molar-refractivity contribution in [3.8, 4) is 0 Å². The largest absolute Gasteiger partial charge is 0.330 e. The number of hydrogen-bond acceptors (Lipinski definition) is 4. The molecule has 0 saturated heterocycles. The number of carbonyl (C=O) groups excluding carboxylic acids is 1. The Morgan fingerprint density at radius 2 is 2.14 bits per heavy atom. The van der Waals surface area contributed by atoms with E-state index in [1.54, 1.807) is 12.1 Å². The van der Waals surface area contributed by atoms with Gasteiger partial charge in [0.25, 0.3) is 0 Å².